The van der Waals surface area contributed by atoms with Gasteiger partial charge in [-0.3, -0.25) is 4.79 Å². The van der Waals surface area contributed by atoms with Crippen LogP contribution in [0.3, 0.4) is 0 Å². The van der Waals surface area contributed by atoms with Crippen LogP contribution in [0.25, 0.3) is 0 Å². The molecule has 0 aliphatic heterocycles. The van der Waals surface area contributed by atoms with Crippen LogP contribution < -0.4 is 4.72 Å². The third-order valence-electron chi connectivity index (χ3n) is 3.31. The smallest absolute Gasteiger partial charge is 0.306 e. The first kappa shape index (κ1) is 15.2. The molecular formula is C12H13ClFNO4S. The fraction of sp³-hybridized carbons (Fsp3) is 0.417. The van der Waals surface area contributed by atoms with E-state index in [1.807, 2.05) is 0 Å². The summed E-state index contributed by atoms with van der Waals surface area (Å²) in [6.07, 6.45) is 1.02. The first-order chi connectivity index (χ1) is 9.31. The molecule has 0 amide bonds. The zero-order chi connectivity index (χ0) is 14.9. The number of benzene rings is 1. The van der Waals surface area contributed by atoms with Crippen molar-refractivity contribution in [1.82, 2.24) is 4.72 Å². The maximum Gasteiger partial charge on any atom is 0.306 e. The molecule has 110 valence electrons. The summed E-state index contributed by atoms with van der Waals surface area (Å²) in [5.41, 5.74) is 0. The van der Waals surface area contributed by atoms with Crippen molar-refractivity contribution in [2.75, 3.05) is 0 Å². The largest absolute Gasteiger partial charge is 0.481 e. The van der Waals surface area contributed by atoms with Gasteiger partial charge in [0.2, 0.25) is 10.0 Å². The lowest BCUT2D eigenvalue weighted by molar-refractivity contribution is -0.141. The molecule has 1 aliphatic rings. The van der Waals surface area contributed by atoms with Gasteiger partial charge in [-0.1, -0.05) is 17.7 Å². The lowest BCUT2D eigenvalue weighted by atomic mass is 10.1. The summed E-state index contributed by atoms with van der Waals surface area (Å²) in [6, 6.07) is 3.22. The fourth-order valence-corrected chi connectivity index (χ4v) is 3.90. The lowest BCUT2D eigenvalue weighted by Gasteiger charge is -2.13. The molecule has 8 heteroatoms. The van der Waals surface area contributed by atoms with Crippen molar-refractivity contribution in [3.05, 3.63) is 29.0 Å². The highest BCUT2D eigenvalue weighted by atomic mass is 35.5. The van der Waals surface area contributed by atoms with Crippen molar-refractivity contribution in [3.63, 3.8) is 0 Å². The van der Waals surface area contributed by atoms with E-state index in [2.05, 4.69) is 4.72 Å². The number of carbonyl (C=O) groups is 1. The molecule has 0 spiro atoms. The zero-order valence-electron chi connectivity index (χ0n) is 10.3. The number of carboxylic acids is 1. The van der Waals surface area contributed by atoms with Gasteiger partial charge >= 0.3 is 5.97 Å². The molecule has 2 atom stereocenters. The van der Waals surface area contributed by atoms with Crippen LogP contribution in [0, 0.1) is 11.7 Å². The van der Waals surface area contributed by atoms with E-state index in [4.69, 9.17) is 16.7 Å². The summed E-state index contributed by atoms with van der Waals surface area (Å²) in [7, 11) is -4.05. The van der Waals surface area contributed by atoms with Gasteiger partial charge in [0.1, 0.15) is 4.90 Å². The average molecular weight is 322 g/mol. The molecule has 1 fully saturated rings. The number of halogens is 2. The molecule has 5 nitrogen and oxygen atoms in total. The number of sulfonamides is 1. The van der Waals surface area contributed by atoms with Crippen LogP contribution >= 0.6 is 11.6 Å². The average Bonchev–Trinajstić information content (AvgIpc) is 2.80. The Morgan fingerprint density at radius 1 is 1.40 bits per heavy atom. The first-order valence-corrected chi connectivity index (χ1v) is 7.86. The second-order valence-electron chi connectivity index (χ2n) is 4.72. The Labute approximate surface area is 120 Å². The van der Waals surface area contributed by atoms with Crippen molar-refractivity contribution >= 4 is 27.6 Å². The van der Waals surface area contributed by atoms with E-state index < -0.39 is 38.7 Å². The minimum atomic E-state index is -4.05. The Kier molecular flexibility index (Phi) is 4.31. The molecule has 1 saturated carbocycles. The fourth-order valence-electron chi connectivity index (χ4n) is 2.29. The molecule has 1 aromatic rings. The summed E-state index contributed by atoms with van der Waals surface area (Å²) >= 11 is 5.56. The van der Waals surface area contributed by atoms with Crippen molar-refractivity contribution in [1.29, 1.82) is 0 Å². The summed E-state index contributed by atoms with van der Waals surface area (Å²) in [5, 5.41) is 8.60. The monoisotopic (exact) mass is 321 g/mol. The van der Waals surface area contributed by atoms with E-state index in [0.717, 1.165) is 6.07 Å². The van der Waals surface area contributed by atoms with E-state index in [0.29, 0.717) is 12.8 Å². The number of hydrogen-bond acceptors (Lipinski definition) is 3. The van der Waals surface area contributed by atoms with E-state index in [1.165, 1.54) is 12.1 Å². The third kappa shape index (κ3) is 3.11. The molecule has 1 aliphatic carbocycles. The molecular weight excluding hydrogens is 309 g/mol. The molecule has 1 aromatic carbocycles. The number of hydrogen-bond donors (Lipinski definition) is 2. The van der Waals surface area contributed by atoms with Crippen molar-refractivity contribution < 1.29 is 22.7 Å². The minimum Gasteiger partial charge on any atom is -0.481 e. The van der Waals surface area contributed by atoms with E-state index in [1.54, 1.807) is 0 Å². The van der Waals surface area contributed by atoms with Gasteiger partial charge in [0.15, 0.2) is 5.82 Å². The van der Waals surface area contributed by atoms with Crippen LogP contribution in [0.2, 0.25) is 5.02 Å². The Bertz CT molecular complexity index is 634. The van der Waals surface area contributed by atoms with Crippen molar-refractivity contribution in [3.8, 4) is 0 Å². The van der Waals surface area contributed by atoms with Crippen molar-refractivity contribution in [2.24, 2.45) is 5.92 Å². The number of carboxylic acid groups (broad SMARTS) is 1. The topological polar surface area (TPSA) is 83.5 Å². The molecule has 0 aromatic heterocycles. The van der Waals surface area contributed by atoms with Crippen LogP contribution in [0.1, 0.15) is 19.3 Å². The highest BCUT2D eigenvalue weighted by Crippen LogP contribution is 2.28. The second kappa shape index (κ2) is 5.67. The number of aliphatic carboxylic acids is 1. The molecule has 20 heavy (non-hydrogen) atoms. The zero-order valence-corrected chi connectivity index (χ0v) is 11.9. The van der Waals surface area contributed by atoms with E-state index in [-0.39, 0.29) is 11.4 Å². The highest BCUT2D eigenvalue weighted by Gasteiger charge is 2.33. The lowest BCUT2D eigenvalue weighted by Crippen LogP contribution is -2.33. The third-order valence-corrected chi connectivity index (χ3v) is 5.14. The standard InChI is InChI=1S/C12H13ClFNO4S/c13-9-2-1-3-10(11(9)14)20(18,19)15-8-5-4-7(6-8)12(16)17/h1-3,7-8,15H,4-6H2,(H,16,17). The number of rotatable bonds is 4. The highest BCUT2D eigenvalue weighted by molar-refractivity contribution is 7.89. The summed E-state index contributed by atoms with van der Waals surface area (Å²) < 4.78 is 40.2. The second-order valence-corrected chi connectivity index (χ2v) is 6.81. The van der Waals surface area contributed by atoms with Gasteiger partial charge in [0.05, 0.1) is 10.9 Å². The normalized spacial score (nSPS) is 22.9. The van der Waals surface area contributed by atoms with Crippen LogP contribution in [0.4, 0.5) is 4.39 Å². The van der Waals surface area contributed by atoms with Crippen LogP contribution in [-0.2, 0) is 14.8 Å². The van der Waals surface area contributed by atoms with Gasteiger partial charge in [-0.05, 0) is 31.4 Å². The van der Waals surface area contributed by atoms with Gasteiger partial charge < -0.3 is 5.11 Å². The molecule has 2 rings (SSSR count). The number of nitrogens with one attached hydrogen (secondary N) is 1. The molecule has 0 bridgehead atoms. The SMILES string of the molecule is O=C(O)C1CCC(NS(=O)(=O)c2cccc(Cl)c2F)C1. The van der Waals surface area contributed by atoms with Gasteiger partial charge in [-0.25, -0.2) is 17.5 Å². The Hall–Kier alpha value is -1.18. The summed E-state index contributed by atoms with van der Waals surface area (Å²) in [4.78, 5) is 10.3. The summed E-state index contributed by atoms with van der Waals surface area (Å²) in [5.74, 6) is -2.51. The van der Waals surface area contributed by atoms with Crippen LogP contribution in [0.5, 0.6) is 0 Å². The predicted octanol–water partition coefficient (Wildman–Crippen LogP) is 2.01. The molecule has 0 heterocycles. The van der Waals surface area contributed by atoms with Gasteiger partial charge in [0.25, 0.3) is 0 Å². The molecule has 2 unspecified atom stereocenters. The van der Waals surface area contributed by atoms with Gasteiger partial charge in [0, 0.05) is 6.04 Å². The molecule has 2 N–H and O–H groups in total. The molecule has 0 radical (unpaired) electrons. The van der Waals surface area contributed by atoms with Crippen LogP contribution in [-0.4, -0.2) is 25.5 Å². The van der Waals surface area contributed by atoms with E-state index >= 15 is 0 Å². The van der Waals surface area contributed by atoms with E-state index in [9.17, 15) is 17.6 Å². The minimum absolute atomic E-state index is 0.205. The first-order valence-electron chi connectivity index (χ1n) is 6.00. The Morgan fingerprint density at radius 2 is 2.10 bits per heavy atom. The van der Waals surface area contributed by atoms with Crippen molar-refractivity contribution in [2.45, 2.75) is 30.2 Å². The molecule has 0 saturated heterocycles. The Balaban J connectivity index is 2.17. The maximum absolute atomic E-state index is 13.7. The Morgan fingerprint density at radius 3 is 2.70 bits per heavy atom. The predicted molar refractivity (Wildman–Crippen MR) is 70.5 cm³/mol. The van der Waals surface area contributed by atoms with Crippen LogP contribution in [0.15, 0.2) is 23.1 Å². The van der Waals surface area contributed by atoms with Gasteiger partial charge in [-0.15, -0.1) is 0 Å². The quantitative estimate of drug-likeness (QED) is 0.888. The summed E-state index contributed by atoms with van der Waals surface area (Å²) in [6.45, 7) is 0. The van der Waals surface area contributed by atoms with Gasteiger partial charge in [-0.2, -0.15) is 0 Å². The maximum atomic E-state index is 13.7.